The number of benzene rings is 2. The average molecular weight is 383 g/mol. The molecule has 0 unspecified atom stereocenters. The summed E-state index contributed by atoms with van der Waals surface area (Å²) in [6.45, 7) is 2.72. The lowest BCUT2D eigenvalue weighted by molar-refractivity contribution is 0.0808. The summed E-state index contributed by atoms with van der Waals surface area (Å²) >= 11 is 3.41. The molecular weight excluding hydrogens is 360 g/mol. The van der Waals surface area contributed by atoms with E-state index in [4.69, 9.17) is 4.98 Å². The number of aromatic nitrogens is 1. The van der Waals surface area contributed by atoms with Gasteiger partial charge in [0.1, 0.15) is 5.01 Å². The van der Waals surface area contributed by atoms with E-state index >= 15 is 0 Å². The van der Waals surface area contributed by atoms with Crippen molar-refractivity contribution in [1.82, 2.24) is 9.88 Å². The third kappa shape index (κ3) is 3.70. The fourth-order valence-electron chi connectivity index (χ4n) is 3.66. The van der Waals surface area contributed by atoms with Crippen LogP contribution in [-0.4, -0.2) is 35.0 Å². The summed E-state index contributed by atoms with van der Waals surface area (Å²) in [6.07, 6.45) is 4.09. The number of thiazole rings is 1. The summed E-state index contributed by atoms with van der Waals surface area (Å²) in [5.74, 6) is 0.385. The molecule has 0 spiro atoms. The van der Waals surface area contributed by atoms with Crippen LogP contribution in [0.2, 0.25) is 0 Å². The molecule has 26 heavy (non-hydrogen) atoms. The van der Waals surface area contributed by atoms with Crippen molar-refractivity contribution in [2.75, 3.05) is 19.3 Å². The molecule has 0 saturated carbocycles. The highest BCUT2D eigenvalue weighted by molar-refractivity contribution is 7.98. The molecule has 5 heteroatoms. The number of hydrogen-bond donors (Lipinski definition) is 0. The van der Waals surface area contributed by atoms with Crippen LogP contribution in [0.25, 0.3) is 10.2 Å². The molecule has 1 aliphatic heterocycles. The van der Waals surface area contributed by atoms with Crippen LogP contribution in [0.5, 0.6) is 0 Å². The molecular formula is C21H22N2OS2. The van der Waals surface area contributed by atoms with Gasteiger partial charge in [-0.2, -0.15) is 0 Å². The average Bonchev–Trinajstić information content (AvgIpc) is 3.09. The topological polar surface area (TPSA) is 33.2 Å². The predicted octanol–water partition coefficient (Wildman–Crippen LogP) is 5.11. The SMILES string of the molecule is CSc1ccccc1C(=O)[C@H]1CCCN(Cc2nc3ccccc3s2)C1. The Bertz CT molecular complexity index is 888. The molecule has 2 heterocycles. The largest absolute Gasteiger partial charge is 0.296 e. The lowest BCUT2D eigenvalue weighted by Crippen LogP contribution is -2.38. The van der Waals surface area contributed by atoms with E-state index in [1.54, 1.807) is 23.1 Å². The molecule has 1 saturated heterocycles. The first-order valence-corrected chi connectivity index (χ1v) is 11.0. The number of fused-ring (bicyclic) bond motifs is 1. The highest BCUT2D eigenvalue weighted by atomic mass is 32.2. The van der Waals surface area contributed by atoms with Crippen molar-refractivity contribution in [3.05, 3.63) is 59.1 Å². The third-order valence-electron chi connectivity index (χ3n) is 4.95. The first-order chi connectivity index (χ1) is 12.7. The van der Waals surface area contributed by atoms with Crippen molar-refractivity contribution >= 4 is 39.1 Å². The Morgan fingerprint density at radius 3 is 2.88 bits per heavy atom. The van der Waals surface area contributed by atoms with E-state index in [1.165, 1.54) is 4.70 Å². The monoisotopic (exact) mass is 382 g/mol. The Labute approximate surface area is 162 Å². The van der Waals surface area contributed by atoms with Gasteiger partial charge in [-0.15, -0.1) is 23.1 Å². The van der Waals surface area contributed by atoms with Crippen LogP contribution < -0.4 is 0 Å². The fourth-order valence-corrected chi connectivity index (χ4v) is 5.27. The molecule has 4 rings (SSSR count). The normalized spacial score (nSPS) is 18.3. The van der Waals surface area contributed by atoms with E-state index in [0.29, 0.717) is 5.78 Å². The summed E-state index contributed by atoms with van der Waals surface area (Å²) in [4.78, 5) is 21.3. The van der Waals surface area contributed by atoms with Gasteiger partial charge in [-0.25, -0.2) is 4.98 Å². The molecule has 0 radical (unpaired) electrons. The second-order valence-electron chi connectivity index (χ2n) is 6.71. The van der Waals surface area contributed by atoms with Gasteiger partial charge in [0.25, 0.3) is 0 Å². The second kappa shape index (κ2) is 7.91. The second-order valence-corrected chi connectivity index (χ2v) is 8.68. The predicted molar refractivity (Wildman–Crippen MR) is 110 cm³/mol. The van der Waals surface area contributed by atoms with Crippen molar-refractivity contribution in [1.29, 1.82) is 0 Å². The van der Waals surface area contributed by atoms with Gasteiger partial charge in [0.05, 0.1) is 16.8 Å². The van der Waals surface area contributed by atoms with Gasteiger partial charge in [0, 0.05) is 22.9 Å². The smallest absolute Gasteiger partial charge is 0.168 e. The molecule has 0 N–H and O–H groups in total. The zero-order valence-corrected chi connectivity index (χ0v) is 16.5. The molecule has 0 aliphatic carbocycles. The van der Waals surface area contributed by atoms with Crippen LogP contribution in [0.4, 0.5) is 0 Å². The van der Waals surface area contributed by atoms with Gasteiger partial charge in [0.2, 0.25) is 0 Å². The van der Waals surface area contributed by atoms with Gasteiger partial charge in [-0.1, -0.05) is 30.3 Å². The summed E-state index contributed by atoms with van der Waals surface area (Å²) < 4.78 is 1.24. The number of nitrogens with zero attached hydrogens (tertiary/aromatic N) is 2. The summed E-state index contributed by atoms with van der Waals surface area (Å²) in [7, 11) is 0. The molecule has 1 aromatic heterocycles. The Kier molecular flexibility index (Phi) is 5.38. The number of ketones is 1. The van der Waals surface area contributed by atoms with Gasteiger partial charge in [-0.3, -0.25) is 9.69 Å². The molecule has 0 bridgehead atoms. The van der Waals surface area contributed by atoms with Gasteiger partial charge < -0.3 is 0 Å². The molecule has 134 valence electrons. The number of hydrogen-bond acceptors (Lipinski definition) is 5. The number of carbonyl (C=O) groups excluding carboxylic acids is 1. The summed E-state index contributed by atoms with van der Waals surface area (Å²) in [5.41, 5.74) is 1.96. The van der Waals surface area contributed by atoms with E-state index in [9.17, 15) is 4.79 Å². The molecule has 1 fully saturated rings. The first-order valence-electron chi connectivity index (χ1n) is 8.98. The van der Waals surface area contributed by atoms with Gasteiger partial charge >= 0.3 is 0 Å². The standard InChI is InChI=1S/C21H22N2OS2/c1-25-18-10-4-2-8-16(18)21(24)15-7-6-12-23(13-15)14-20-22-17-9-3-5-11-19(17)26-20/h2-5,8-11,15H,6-7,12-14H2,1H3/t15-/m0/s1. The van der Waals surface area contributed by atoms with Crippen LogP contribution in [0.3, 0.4) is 0 Å². The fraction of sp³-hybridized carbons (Fsp3) is 0.333. The minimum atomic E-state index is 0.0893. The lowest BCUT2D eigenvalue weighted by Gasteiger charge is -2.31. The van der Waals surface area contributed by atoms with E-state index in [-0.39, 0.29) is 5.92 Å². The Hall–Kier alpha value is -1.69. The maximum Gasteiger partial charge on any atom is 0.168 e. The van der Waals surface area contributed by atoms with Crippen molar-refractivity contribution in [3.8, 4) is 0 Å². The number of para-hydroxylation sites is 1. The number of likely N-dealkylation sites (tertiary alicyclic amines) is 1. The van der Waals surface area contributed by atoms with E-state index < -0.39 is 0 Å². The van der Waals surface area contributed by atoms with Crippen molar-refractivity contribution < 1.29 is 4.79 Å². The van der Waals surface area contributed by atoms with E-state index in [0.717, 1.165) is 53.5 Å². The highest BCUT2D eigenvalue weighted by Crippen LogP contribution is 2.28. The number of Topliss-reactive ketones (excluding diaryl/α,β-unsaturated/α-hetero) is 1. The molecule has 2 aromatic carbocycles. The minimum absolute atomic E-state index is 0.0893. The molecule has 3 aromatic rings. The zero-order chi connectivity index (χ0) is 17.9. The Morgan fingerprint density at radius 1 is 1.23 bits per heavy atom. The molecule has 1 aliphatic rings. The van der Waals surface area contributed by atoms with Gasteiger partial charge in [0.15, 0.2) is 5.78 Å². The van der Waals surface area contributed by atoms with Crippen molar-refractivity contribution in [3.63, 3.8) is 0 Å². The van der Waals surface area contributed by atoms with Crippen LogP contribution in [0.1, 0.15) is 28.2 Å². The maximum atomic E-state index is 13.1. The van der Waals surface area contributed by atoms with Crippen LogP contribution in [-0.2, 0) is 6.54 Å². The van der Waals surface area contributed by atoms with Crippen molar-refractivity contribution in [2.45, 2.75) is 24.3 Å². The van der Waals surface area contributed by atoms with E-state index in [1.807, 2.05) is 36.6 Å². The van der Waals surface area contributed by atoms with E-state index in [2.05, 4.69) is 23.1 Å². The number of carbonyl (C=O) groups is 1. The zero-order valence-electron chi connectivity index (χ0n) is 14.9. The number of rotatable bonds is 5. The molecule has 3 nitrogen and oxygen atoms in total. The molecule has 0 amide bonds. The Balaban J connectivity index is 1.47. The number of thioether (sulfide) groups is 1. The van der Waals surface area contributed by atoms with Crippen molar-refractivity contribution in [2.24, 2.45) is 5.92 Å². The quantitative estimate of drug-likeness (QED) is 0.453. The Morgan fingerprint density at radius 2 is 2.04 bits per heavy atom. The number of piperidine rings is 1. The minimum Gasteiger partial charge on any atom is -0.296 e. The molecule has 1 atom stereocenters. The summed E-state index contributed by atoms with van der Waals surface area (Å²) in [5, 5.41) is 1.14. The van der Waals surface area contributed by atoms with Gasteiger partial charge in [-0.05, 0) is 43.8 Å². The third-order valence-corrected chi connectivity index (χ3v) is 6.76. The first kappa shape index (κ1) is 17.7. The van der Waals surface area contributed by atoms with Crippen LogP contribution in [0.15, 0.2) is 53.4 Å². The maximum absolute atomic E-state index is 13.1. The van der Waals surface area contributed by atoms with Crippen LogP contribution >= 0.6 is 23.1 Å². The lowest BCUT2D eigenvalue weighted by atomic mass is 9.90. The van der Waals surface area contributed by atoms with Crippen LogP contribution in [0, 0.1) is 5.92 Å². The summed E-state index contributed by atoms with van der Waals surface area (Å²) in [6, 6.07) is 16.3. The highest BCUT2D eigenvalue weighted by Gasteiger charge is 2.28.